The Hall–Kier alpha value is -0.740. The number of nitrogens with zero attached hydrogens (tertiary/aromatic N) is 1. The maximum atomic E-state index is 12.2. The van der Waals surface area contributed by atoms with Gasteiger partial charge in [-0.25, -0.2) is 0 Å². The molecule has 0 bridgehead atoms. The lowest BCUT2D eigenvalue weighted by molar-refractivity contribution is -0.164. The van der Waals surface area contributed by atoms with E-state index >= 15 is 0 Å². The molecular formula is C10H18F3NO. The fourth-order valence-electron chi connectivity index (χ4n) is 1.25. The lowest BCUT2D eigenvalue weighted by Crippen LogP contribution is -2.42. The molecule has 1 amide bonds. The summed E-state index contributed by atoms with van der Waals surface area (Å²) in [6.45, 7) is 5.78. The van der Waals surface area contributed by atoms with Crippen molar-refractivity contribution in [1.82, 2.24) is 4.90 Å². The maximum absolute atomic E-state index is 12.2. The molecule has 0 radical (unpaired) electrons. The Labute approximate surface area is 88.4 Å². The van der Waals surface area contributed by atoms with E-state index in [4.69, 9.17) is 0 Å². The van der Waals surface area contributed by atoms with E-state index in [1.165, 1.54) is 0 Å². The van der Waals surface area contributed by atoms with Gasteiger partial charge in [-0.3, -0.25) is 4.79 Å². The summed E-state index contributed by atoms with van der Waals surface area (Å²) in [5.41, 5.74) is 0. The predicted molar refractivity (Wildman–Crippen MR) is 52.3 cm³/mol. The van der Waals surface area contributed by atoms with Crippen LogP contribution >= 0.6 is 0 Å². The van der Waals surface area contributed by atoms with Gasteiger partial charge in [-0.2, -0.15) is 13.2 Å². The number of carbonyl (C=O) groups is 1. The summed E-state index contributed by atoms with van der Waals surface area (Å²) in [5.74, 6) is -0.804. The van der Waals surface area contributed by atoms with Crippen molar-refractivity contribution < 1.29 is 18.0 Å². The molecule has 0 N–H and O–H groups in total. The summed E-state index contributed by atoms with van der Waals surface area (Å²) in [7, 11) is 0. The molecule has 0 saturated heterocycles. The standard InChI is InChI=1S/C10H18F3NO/c1-7(2)5-14(6-10(11,12)13)9(15)8(3)4/h7-8H,5-6H2,1-4H3. The van der Waals surface area contributed by atoms with Crippen LogP contribution in [-0.4, -0.2) is 30.1 Å². The number of amides is 1. The van der Waals surface area contributed by atoms with Gasteiger partial charge >= 0.3 is 6.18 Å². The second-order valence-corrected chi connectivity index (χ2v) is 4.38. The van der Waals surface area contributed by atoms with Gasteiger partial charge in [0.1, 0.15) is 6.54 Å². The van der Waals surface area contributed by atoms with Crippen molar-refractivity contribution in [1.29, 1.82) is 0 Å². The Kier molecular flexibility index (Phi) is 5.11. The average molecular weight is 225 g/mol. The van der Waals surface area contributed by atoms with Gasteiger partial charge in [0.2, 0.25) is 5.91 Å². The molecule has 0 aromatic carbocycles. The average Bonchev–Trinajstić information content (AvgIpc) is 1.97. The van der Waals surface area contributed by atoms with Crippen LogP contribution in [0.3, 0.4) is 0 Å². The number of carbonyl (C=O) groups excluding carboxylic acids is 1. The first-order chi connectivity index (χ1) is 6.63. The van der Waals surface area contributed by atoms with Crippen LogP contribution in [0, 0.1) is 11.8 Å². The van der Waals surface area contributed by atoms with Gasteiger partial charge in [0.25, 0.3) is 0 Å². The van der Waals surface area contributed by atoms with Crippen LogP contribution in [0.2, 0.25) is 0 Å². The highest BCUT2D eigenvalue weighted by Crippen LogP contribution is 2.18. The second kappa shape index (κ2) is 5.37. The molecule has 0 rings (SSSR count). The van der Waals surface area contributed by atoms with E-state index in [1.807, 2.05) is 0 Å². The fourth-order valence-corrected chi connectivity index (χ4v) is 1.25. The molecule has 5 heteroatoms. The first-order valence-electron chi connectivity index (χ1n) is 4.99. The zero-order valence-corrected chi connectivity index (χ0v) is 9.56. The van der Waals surface area contributed by atoms with Gasteiger partial charge in [-0.1, -0.05) is 27.7 Å². The summed E-state index contributed by atoms with van der Waals surface area (Å²) < 4.78 is 36.6. The SMILES string of the molecule is CC(C)CN(CC(F)(F)F)C(=O)C(C)C. The third-order valence-corrected chi connectivity index (χ3v) is 1.76. The zero-order chi connectivity index (χ0) is 12.2. The predicted octanol–water partition coefficient (Wildman–Crippen LogP) is 2.69. The molecule has 90 valence electrons. The number of hydrogen-bond acceptors (Lipinski definition) is 1. The van der Waals surface area contributed by atoms with Crippen molar-refractivity contribution in [3.8, 4) is 0 Å². The summed E-state index contributed by atoms with van der Waals surface area (Å²) in [6, 6.07) is 0. The fraction of sp³-hybridized carbons (Fsp3) is 0.900. The number of rotatable bonds is 4. The van der Waals surface area contributed by atoms with E-state index in [1.54, 1.807) is 27.7 Å². The molecule has 0 heterocycles. The highest BCUT2D eigenvalue weighted by atomic mass is 19.4. The van der Waals surface area contributed by atoms with E-state index in [2.05, 4.69) is 0 Å². The molecule has 0 aliphatic carbocycles. The van der Waals surface area contributed by atoms with Crippen molar-refractivity contribution in [2.75, 3.05) is 13.1 Å². The molecule has 0 unspecified atom stereocenters. The van der Waals surface area contributed by atoms with Gasteiger partial charge in [-0.15, -0.1) is 0 Å². The Morgan fingerprint density at radius 3 is 1.93 bits per heavy atom. The molecule has 0 spiro atoms. The minimum absolute atomic E-state index is 0.0371. The van der Waals surface area contributed by atoms with Crippen molar-refractivity contribution in [2.45, 2.75) is 33.9 Å². The Bertz CT molecular complexity index is 211. The topological polar surface area (TPSA) is 20.3 Å². The summed E-state index contributed by atoms with van der Waals surface area (Å²) in [4.78, 5) is 12.4. The van der Waals surface area contributed by atoms with E-state index < -0.39 is 24.5 Å². The van der Waals surface area contributed by atoms with Crippen molar-refractivity contribution in [3.05, 3.63) is 0 Å². The van der Waals surface area contributed by atoms with Gasteiger partial charge in [0, 0.05) is 12.5 Å². The molecule has 0 aliphatic heterocycles. The Morgan fingerprint density at radius 1 is 1.20 bits per heavy atom. The smallest absolute Gasteiger partial charge is 0.333 e. The van der Waals surface area contributed by atoms with Crippen LogP contribution in [0.5, 0.6) is 0 Å². The van der Waals surface area contributed by atoms with E-state index in [0.717, 1.165) is 4.90 Å². The van der Waals surface area contributed by atoms with Gasteiger partial charge in [0.15, 0.2) is 0 Å². The molecule has 0 saturated carbocycles. The highest BCUT2D eigenvalue weighted by Gasteiger charge is 2.33. The molecule has 0 aliphatic rings. The third kappa shape index (κ3) is 6.36. The minimum atomic E-state index is -4.32. The van der Waals surface area contributed by atoms with Crippen LogP contribution < -0.4 is 0 Å². The van der Waals surface area contributed by atoms with Crippen molar-refractivity contribution in [2.24, 2.45) is 11.8 Å². The van der Waals surface area contributed by atoms with Crippen LogP contribution in [0.25, 0.3) is 0 Å². The molecule has 0 atom stereocenters. The molecule has 0 aromatic heterocycles. The summed E-state index contributed by atoms with van der Waals surface area (Å²) in [6.07, 6.45) is -4.32. The molecule has 15 heavy (non-hydrogen) atoms. The maximum Gasteiger partial charge on any atom is 0.406 e. The second-order valence-electron chi connectivity index (χ2n) is 4.38. The lowest BCUT2D eigenvalue weighted by Gasteiger charge is -2.27. The number of alkyl halides is 3. The van der Waals surface area contributed by atoms with Crippen LogP contribution in [-0.2, 0) is 4.79 Å². The molecule has 2 nitrogen and oxygen atoms in total. The summed E-state index contributed by atoms with van der Waals surface area (Å²) >= 11 is 0. The first kappa shape index (κ1) is 14.3. The van der Waals surface area contributed by atoms with Gasteiger partial charge in [0.05, 0.1) is 0 Å². The normalized spacial score (nSPS) is 12.3. The zero-order valence-electron chi connectivity index (χ0n) is 9.56. The quantitative estimate of drug-likeness (QED) is 0.720. The Morgan fingerprint density at radius 2 is 1.67 bits per heavy atom. The van der Waals surface area contributed by atoms with E-state index in [-0.39, 0.29) is 12.5 Å². The molecular weight excluding hydrogens is 207 g/mol. The molecule has 0 fully saturated rings. The number of halogens is 3. The third-order valence-electron chi connectivity index (χ3n) is 1.76. The molecule has 0 aromatic rings. The number of hydrogen-bond donors (Lipinski definition) is 0. The van der Waals surface area contributed by atoms with Crippen LogP contribution in [0.1, 0.15) is 27.7 Å². The Balaban J connectivity index is 4.52. The van der Waals surface area contributed by atoms with Gasteiger partial charge in [-0.05, 0) is 5.92 Å². The largest absolute Gasteiger partial charge is 0.406 e. The minimum Gasteiger partial charge on any atom is -0.333 e. The monoisotopic (exact) mass is 225 g/mol. The highest BCUT2D eigenvalue weighted by molar-refractivity contribution is 5.78. The lowest BCUT2D eigenvalue weighted by atomic mass is 10.1. The van der Waals surface area contributed by atoms with Crippen LogP contribution in [0.15, 0.2) is 0 Å². The van der Waals surface area contributed by atoms with E-state index in [9.17, 15) is 18.0 Å². The van der Waals surface area contributed by atoms with Gasteiger partial charge < -0.3 is 4.90 Å². The van der Waals surface area contributed by atoms with Crippen molar-refractivity contribution in [3.63, 3.8) is 0 Å². The van der Waals surface area contributed by atoms with Crippen LogP contribution in [0.4, 0.5) is 13.2 Å². The van der Waals surface area contributed by atoms with Crippen molar-refractivity contribution >= 4 is 5.91 Å². The summed E-state index contributed by atoms with van der Waals surface area (Å²) in [5, 5.41) is 0. The first-order valence-corrected chi connectivity index (χ1v) is 4.99. The van der Waals surface area contributed by atoms with E-state index in [0.29, 0.717) is 0 Å².